The number of aromatic nitrogens is 11. The highest BCUT2D eigenvalue weighted by molar-refractivity contribution is 6.37. The lowest BCUT2D eigenvalue weighted by molar-refractivity contribution is 0.0736. The fourth-order valence-corrected chi connectivity index (χ4v) is 19.1. The Hall–Kier alpha value is -13.7. The number of nitrogens with zero attached hydrogens (tertiary/aromatic N) is 15. The standard InChI is InChI=1S/3C29H25Cl2N5O.C28H30Cl2N4O/c1-20-27(29(37)34-35-17-5-2-6-18-35)33-36(26-15-13-23(30)19-25(26)31)28(20)22-11-8-21(9-12-22)10-14-24-7-3-4-16-32-24;1-20-27(29(37)34-35-17-3-2-4-18-35)33-36(26-12-11-24(30)19-25(26)31)28(20)23-9-7-21(8-10-23)5-6-22-13-15-32-16-14-22;1-20-27(29(37)34-35-16-3-2-4-17-35)33-36(26-14-13-24(30)18-25(26)31)28(20)23-11-9-21(10-12-23)7-8-22-6-5-15-32-19-22;1-19-25(27(35)32-33-16-6-5-7-17-33)31-34(24-13-12-22(29)18-23(24)30)26(19)21-10-8-20(9-11-21)14-15-28(2,3)4/h3-4,7-9,11-13,15-16,19H,2,5-6,17-18H2,1H3,(H,34,37);7-16,19H,2-4,17-18H2,1H3,(H,34,37);5-6,9-15,18-19H,2-4,16-17H2,1H3,(H,34,37);8-13,18H,5-7,16-17H2,1-4H3,(H,32,35). The van der Waals surface area contributed by atoms with Gasteiger partial charge in [0.1, 0.15) is 5.69 Å². The smallest absolute Gasteiger partial charge is 0.283 e. The van der Waals surface area contributed by atoms with Crippen molar-refractivity contribution in [1.29, 1.82) is 0 Å². The quantitative estimate of drug-likeness (QED) is 0.0658. The summed E-state index contributed by atoms with van der Waals surface area (Å²) >= 11 is 50.8. The molecule has 0 atom stereocenters. The van der Waals surface area contributed by atoms with E-state index in [9.17, 15) is 19.2 Å². The molecule has 19 rings (SSSR count). The van der Waals surface area contributed by atoms with Gasteiger partial charge in [-0.3, -0.25) is 50.8 Å². The first-order chi connectivity index (χ1) is 70.6. The molecule has 23 nitrogen and oxygen atoms in total. The van der Waals surface area contributed by atoms with Gasteiger partial charge in [0.05, 0.1) is 65.6 Å². The maximum Gasteiger partial charge on any atom is 0.286 e. The summed E-state index contributed by atoms with van der Waals surface area (Å²) in [5, 5.41) is 30.7. The van der Waals surface area contributed by atoms with Crippen molar-refractivity contribution in [3.8, 4) is 115 Å². The van der Waals surface area contributed by atoms with Crippen LogP contribution in [-0.2, 0) is 0 Å². The lowest BCUT2D eigenvalue weighted by Crippen LogP contribution is -2.45. The molecule has 0 unspecified atom stereocenters. The van der Waals surface area contributed by atoms with Gasteiger partial charge in [-0.05, 0) is 263 Å². The van der Waals surface area contributed by atoms with Gasteiger partial charge in [-0.1, -0.05) is 215 Å². The zero-order chi connectivity index (χ0) is 102. The minimum Gasteiger partial charge on any atom is -0.283 e. The Kier molecular flexibility index (Phi) is 35.6. The zero-order valence-electron chi connectivity index (χ0n) is 81.6. The third kappa shape index (κ3) is 27.2. The average Bonchev–Trinajstić information content (AvgIpc) is 1.63. The highest BCUT2D eigenvalue weighted by atomic mass is 35.5. The second kappa shape index (κ2) is 49.5. The molecule has 0 radical (unpaired) electrons. The van der Waals surface area contributed by atoms with Crippen molar-refractivity contribution in [2.24, 2.45) is 5.41 Å². The van der Waals surface area contributed by atoms with Crippen molar-refractivity contribution in [2.45, 2.75) is 126 Å². The van der Waals surface area contributed by atoms with Gasteiger partial charge in [0.25, 0.3) is 23.6 Å². The number of pyridine rings is 3. The van der Waals surface area contributed by atoms with Crippen molar-refractivity contribution in [2.75, 3.05) is 52.4 Å². The number of halogens is 8. The molecule has 4 aliphatic rings. The molecular formula is C115H105Cl8N19O4. The lowest BCUT2D eigenvalue weighted by Gasteiger charge is -2.26. The Bertz CT molecular complexity index is 6960. The molecule has 0 bridgehead atoms. The summed E-state index contributed by atoms with van der Waals surface area (Å²) in [6.07, 6.45) is 21.9. The van der Waals surface area contributed by atoms with Gasteiger partial charge in [-0.15, -0.1) is 0 Å². The van der Waals surface area contributed by atoms with E-state index in [2.05, 4.69) is 105 Å². The fourth-order valence-electron chi connectivity index (χ4n) is 17.2. The minimum absolute atomic E-state index is 0.0736. The minimum atomic E-state index is -0.234. The molecular weight excluding hydrogens is 2000 g/mol. The molecule has 15 aromatic rings. The van der Waals surface area contributed by atoms with Crippen LogP contribution in [0.15, 0.2) is 243 Å². The van der Waals surface area contributed by atoms with Crippen LogP contribution in [0.2, 0.25) is 40.2 Å². The number of rotatable bonds is 16. The number of hydrazine groups is 4. The van der Waals surface area contributed by atoms with Crippen molar-refractivity contribution in [1.82, 2.24) is 95.8 Å². The highest BCUT2D eigenvalue weighted by Crippen LogP contribution is 2.40. The first-order valence-corrected chi connectivity index (χ1v) is 51.3. The summed E-state index contributed by atoms with van der Waals surface area (Å²) in [5.41, 5.74) is 31.8. The van der Waals surface area contributed by atoms with Crippen LogP contribution in [0.4, 0.5) is 0 Å². The number of carbonyl (C=O) groups excluding carboxylic acids is 4. The van der Waals surface area contributed by atoms with E-state index in [-0.39, 0.29) is 29.0 Å². The largest absolute Gasteiger partial charge is 0.286 e. The van der Waals surface area contributed by atoms with Gasteiger partial charge in [-0.2, -0.15) is 20.4 Å². The molecule has 4 amide bonds. The maximum atomic E-state index is 13.3. The van der Waals surface area contributed by atoms with Gasteiger partial charge in [0.2, 0.25) is 0 Å². The monoisotopic (exact) mass is 2100 g/mol. The Morgan fingerprint density at radius 2 is 0.568 bits per heavy atom. The van der Waals surface area contributed by atoms with Gasteiger partial charge in [-0.25, -0.2) is 43.7 Å². The molecule has 4 aliphatic heterocycles. The normalized spacial score (nSPS) is 13.8. The Labute approximate surface area is 890 Å². The number of amides is 4. The lowest BCUT2D eigenvalue weighted by atomic mass is 9.97. The number of carbonyl (C=O) groups is 4. The van der Waals surface area contributed by atoms with Gasteiger partial charge >= 0.3 is 0 Å². The predicted octanol–water partition coefficient (Wildman–Crippen LogP) is 24.9. The zero-order valence-corrected chi connectivity index (χ0v) is 87.6. The molecule has 4 saturated heterocycles. The predicted molar refractivity (Wildman–Crippen MR) is 584 cm³/mol. The van der Waals surface area contributed by atoms with Crippen LogP contribution >= 0.6 is 92.8 Å². The molecule has 4 fully saturated rings. The Morgan fingerprint density at radius 1 is 0.288 bits per heavy atom. The van der Waals surface area contributed by atoms with Gasteiger partial charge < -0.3 is 0 Å². The SMILES string of the molecule is Cc1c(C(=O)NN2CCCCC2)nn(-c2ccc(Cl)cc2Cl)c1-c1ccc(C#CC(C)(C)C)cc1.Cc1c(C(=O)NN2CCCCC2)nn(-c2ccc(Cl)cc2Cl)c1-c1ccc(C#Cc2ccccn2)cc1.Cc1c(C(=O)NN2CCCCC2)nn(-c2ccc(Cl)cc2Cl)c1-c1ccc(C#Cc2cccnc2)cc1.Cc1c(C(=O)NN2CCCCC2)nn(-c2ccc(Cl)cc2Cl)c1-c1ccc(C#Cc2ccncc2)cc1. The molecule has 0 spiro atoms. The second-order valence-electron chi connectivity index (χ2n) is 36.5. The summed E-state index contributed by atoms with van der Waals surface area (Å²) < 4.78 is 6.88. The van der Waals surface area contributed by atoms with Crippen LogP contribution in [0.5, 0.6) is 0 Å². The van der Waals surface area contributed by atoms with Crippen molar-refractivity contribution in [3.63, 3.8) is 0 Å². The molecule has 0 aliphatic carbocycles. The summed E-state index contributed by atoms with van der Waals surface area (Å²) in [7, 11) is 0. The summed E-state index contributed by atoms with van der Waals surface area (Å²) in [5.74, 6) is 24.4. The Morgan fingerprint density at radius 3 is 0.836 bits per heavy atom. The van der Waals surface area contributed by atoms with E-state index < -0.39 is 0 Å². The van der Waals surface area contributed by atoms with Crippen molar-refractivity contribution >= 4 is 116 Å². The molecule has 4 N–H and O–H groups in total. The first kappa shape index (κ1) is 105. The van der Waals surface area contributed by atoms with Gasteiger partial charge in [0, 0.05) is 187 Å². The third-order valence-corrected chi connectivity index (χ3v) is 26.8. The molecule has 0 saturated carbocycles. The van der Waals surface area contributed by atoms with Crippen LogP contribution in [0.25, 0.3) is 67.8 Å². The van der Waals surface area contributed by atoms with Gasteiger partial charge in [0.15, 0.2) is 22.8 Å². The molecule has 11 heterocycles. The molecule has 8 aromatic carbocycles. The number of nitrogens with one attached hydrogen (secondary N) is 4. The second-order valence-corrected chi connectivity index (χ2v) is 39.9. The molecule has 31 heteroatoms. The van der Waals surface area contributed by atoms with E-state index >= 15 is 0 Å². The molecule has 7 aromatic heterocycles. The number of piperidine rings is 4. The number of hydrogen-bond acceptors (Lipinski definition) is 15. The average molecular weight is 2100 g/mol. The summed E-state index contributed by atoms with van der Waals surface area (Å²) in [6.45, 7) is 20.6. The number of hydrogen-bond donors (Lipinski definition) is 4. The fraction of sp³-hybridized carbons (Fsp3) is 0.243. The number of benzene rings is 8. The van der Waals surface area contributed by atoms with Crippen LogP contribution in [0.3, 0.4) is 0 Å². The van der Waals surface area contributed by atoms with E-state index in [1.54, 1.807) is 110 Å². The molecule has 146 heavy (non-hydrogen) atoms. The van der Waals surface area contributed by atoms with Crippen LogP contribution in [0, 0.1) is 80.5 Å². The van der Waals surface area contributed by atoms with Crippen molar-refractivity contribution in [3.05, 3.63) is 368 Å². The Balaban J connectivity index is 0.000000139. The van der Waals surface area contributed by atoms with E-state index in [0.717, 1.165) is 204 Å². The molecule has 740 valence electrons. The summed E-state index contributed by atoms with van der Waals surface area (Å²) in [6, 6.07) is 65.7. The van der Waals surface area contributed by atoms with Crippen molar-refractivity contribution < 1.29 is 19.2 Å². The highest BCUT2D eigenvalue weighted by Gasteiger charge is 2.32. The first-order valence-electron chi connectivity index (χ1n) is 48.3. The van der Waals surface area contributed by atoms with E-state index in [4.69, 9.17) is 113 Å². The summed E-state index contributed by atoms with van der Waals surface area (Å²) in [4.78, 5) is 65.4. The topological polar surface area (TPSA) is 239 Å². The van der Waals surface area contributed by atoms with Crippen LogP contribution < -0.4 is 21.7 Å². The van der Waals surface area contributed by atoms with Crippen LogP contribution in [0.1, 0.15) is 201 Å². The van der Waals surface area contributed by atoms with E-state index in [1.807, 2.05) is 199 Å². The van der Waals surface area contributed by atoms with E-state index in [1.165, 1.54) is 25.7 Å². The van der Waals surface area contributed by atoms with E-state index in [0.29, 0.717) is 91.4 Å². The van der Waals surface area contributed by atoms with Crippen LogP contribution in [-0.4, -0.2) is 150 Å². The third-order valence-electron chi connectivity index (χ3n) is 24.6. The maximum absolute atomic E-state index is 13.3.